The van der Waals surface area contributed by atoms with Crippen LogP contribution in [0.4, 0.5) is 13.6 Å². The van der Waals surface area contributed by atoms with Crippen LogP contribution in [0.25, 0.3) is 0 Å². The van der Waals surface area contributed by atoms with Gasteiger partial charge in [-0.2, -0.15) is 0 Å². The standard InChI is InChI=1S/C26H39F2N5O/c1-8-19(24(28)18(5)27)13-12-16-33(26(34)32(6)7)25(29)31-22-14-15-23(20(9-2)17-22)30-21(10-3)11-4/h9,13-15,17,21H,8,10-12,16H2,1-7H3,(H2,29,31)/b19-13-,20-9-,24-18-,30-23?. The summed E-state index contributed by atoms with van der Waals surface area (Å²) in [5.74, 6) is -1.70. The maximum atomic E-state index is 14.0. The molecular formula is C26H39F2N5O. The van der Waals surface area contributed by atoms with Gasteiger partial charge < -0.3 is 10.6 Å². The minimum absolute atomic E-state index is 0.0227. The third-order valence-corrected chi connectivity index (χ3v) is 5.43. The third kappa shape index (κ3) is 8.39. The minimum Gasteiger partial charge on any atom is -0.369 e. The third-order valence-electron chi connectivity index (χ3n) is 5.43. The van der Waals surface area contributed by atoms with Gasteiger partial charge in [0.05, 0.1) is 17.5 Å². The highest BCUT2D eigenvalue weighted by Gasteiger charge is 2.20. The fourth-order valence-corrected chi connectivity index (χ4v) is 3.35. The highest BCUT2D eigenvalue weighted by molar-refractivity contribution is 6.12. The maximum absolute atomic E-state index is 14.0. The average molecular weight is 476 g/mol. The van der Waals surface area contributed by atoms with E-state index >= 15 is 0 Å². The van der Waals surface area contributed by atoms with Crippen molar-refractivity contribution in [1.29, 1.82) is 0 Å². The molecule has 0 saturated carbocycles. The predicted molar refractivity (Wildman–Crippen MR) is 138 cm³/mol. The molecule has 1 aliphatic carbocycles. The van der Waals surface area contributed by atoms with Gasteiger partial charge in [-0.15, -0.1) is 0 Å². The van der Waals surface area contributed by atoms with E-state index in [0.717, 1.165) is 31.1 Å². The topological polar surface area (TPSA) is 74.3 Å². The summed E-state index contributed by atoms with van der Waals surface area (Å²) in [5, 5.41) is 0. The van der Waals surface area contributed by atoms with Gasteiger partial charge in [-0.3, -0.25) is 9.89 Å². The van der Waals surface area contributed by atoms with Crippen molar-refractivity contribution in [3.8, 4) is 0 Å². The lowest BCUT2D eigenvalue weighted by Crippen LogP contribution is -2.47. The Kier molecular flexibility index (Phi) is 12.2. The molecule has 34 heavy (non-hydrogen) atoms. The van der Waals surface area contributed by atoms with Crippen LogP contribution in [0.1, 0.15) is 60.3 Å². The lowest BCUT2D eigenvalue weighted by molar-refractivity contribution is 0.194. The normalized spacial score (nSPS) is 17.9. The van der Waals surface area contributed by atoms with Crippen molar-refractivity contribution >= 4 is 17.7 Å². The van der Waals surface area contributed by atoms with Gasteiger partial charge in [-0.25, -0.2) is 18.6 Å². The predicted octanol–water partition coefficient (Wildman–Crippen LogP) is 6.21. The monoisotopic (exact) mass is 475 g/mol. The molecular weight excluding hydrogens is 436 g/mol. The van der Waals surface area contributed by atoms with Gasteiger partial charge in [0.2, 0.25) is 5.96 Å². The Morgan fingerprint density at radius 2 is 1.82 bits per heavy atom. The van der Waals surface area contributed by atoms with Crippen LogP contribution >= 0.6 is 0 Å². The first-order valence-electron chi connectivity index (χ1n) is 11.8. The minimum atomic E-state index is -0.864. The highest BCUT2D eigenvalue weighted by atomic mass is 19.2. The number of carbonyl (C=O) groups is 1. The van der Waals surface area contributed by atoms with Crippen molar-refractivity contribution < 1.29 is 13.6 Å². The van der Waals surface area contributed by atoms with Gasteiger partial charge in [0, 0.05) is 20.6 Å². The number of aliphatic imine (C=N–C) groups is 2. The van der Waals surface area contributed by atoms with Crippen molar-refractivity contribution in [1.82, 2.24) is 9.80 Å². The Morgan fingerprint density at radius 1 is 1.18 bits per heavy atom. The van der Waals surface area contributed by atoms with Crippen LogP contribution in [0.2, 0.25) is 0 Å². The van der Waals surface area contributed by atoms with Gasteiger partial charge in [0.25, 0.3) is 0 Å². The number of carbonyl (C=O) groups excluding carboxylic acids is 1. The van der Waals surface area contributed by atoms with Crippen LogP contribution in [0.15, 0.2) is 68.9 Å². The van der Waals surface area contributed by atoms with Crippen LogP contribution in [0.5, 0.6) is 0 Å². The summed E-state index contributed by atoms with van der Waals surface area (Å²) >= 11 is 0. The lowest BCUT2D eigenvalue weighted by Gasteiger charge is -2.25. The summed E-state index contributed by atoms with van der Waals surface area (Å²) in [6.07, 6.45) is 11.7. The fraction of sp³-hybridized carbons (Fsp3) is 0.500. The van der Waals surface area contributed by atoms with Crippen LogP contribution < -0.4 is 5.73 Å². The van der Waals surface area contributed by atoms with Gasteiger partial charge in [-0.05, 0) is 68.9 Å². The number of urea groups is 1. The van der Waals surface area contributed by atoms with Gasteiger partial charge in [0.15, 0.2) is 5.83 Å². The zero-order chi connectivity index (χ0) is 25.8. The molecule has 0 spiro atoms. The molecule has 2 amide bonds. The van der Waals surface area contributed by atoms with Gasteiger partial charge >= 0.3 is 6.03 Å². The molecule has 0 saturated heterocycles. The maximum Gasteiger partial charge on any atom is 0.326 e. The largest absolute Gasteiger partial charge is 0.369 e. The highest BCUT2D eigenvalue weighted by Crippen LogP contribution is 2.21. The molecule has 0 heterocycles. The molecule has 0 aliphatic heterocycles. The van der Waals surface area contributed by atoms with E-state index in [0.29, 0.717) is 18.5 Å². The SMILES string of the molecule is C/C=C1/C=C(N=C(N)N(CC/C=C(CC)\C(F)=C(/C)F)C(=O)N(C)C)C=CC1=NC(CC)CC. The van der Waals surface area contributed by atoms with Crippen LogP contribution in [-0.4, -0.2) is 54.2 Å². The molecule has 0 unspecified atom stereocenters. The number of guanidine groups is 1. The lowest BCUT2D eigenvalue weighted by atomic mass is 10.0. The Balaban J connectivity index is 3.18. The number of halogens is 2. The van der Waals surface area contributed by atoms with Crippen molar-refractivity contribution in [2.45, 2.75) is 66.3 Å². The number of nitrogens with two attached hydrogens (primary N) is 1. The summed E-state index contributed by atoms with van der Waals surface area (Å²) in [6.45, 7) is 9.16. The second-order valence-electron chi connectivity index (χ2n) is 8.15. The summed E-state index contributed by atoms with van der Waals surface area (Å²) in [7, 11) is 3.23. The zero-order valence-corrected chi connectivity index (χ0v) is 21.5. The molecule has 0 aromatic carbocycles. The van der Waals surface area contributed by atoms with Gasteiger partial charge in [-0.1, -0.05) is 32.9 Å². The number of amides is 2. The van der Waals surface area contributed by atoms with Crippen LogP contribution in [0, 0.1) is 0 Å². The molecule has 2 N–H and O–H groups in total. The Bertz CT molecular complexity index is 931. The second kappa shape index (κ2) is 14.3. The fourth-order valence-electron chi connectivity index (χ4n) is 3.35. The molecule has 0 radical (unpaired) electrons. The number of hydrogen-bond donors (Lipinski definition) is 1. The van der Waals surface area contributed by atoms with E-state index in [1.165, 1.54) is 9.80 Å². The Labute approximate surface area is 203 Å². The van der Waals surface area contributed by atoms with Crippen molar-refractivity contribution in [3.63, 3.8) is 0 Å². The first kappa shape index (κ1) is 29.0. The van der Waals surface area contributed by atoms with E-state index in [-0.39, 0.29) is 30.2 Å². The molecule has 0 bridgehead atoms. The van der Waals surface area contributed by atoms with E-state index in [4.69, 9.17) is 10.7 Å². The molecule has 0 aromatic heterocycles. The molecule has 8 heteroatoms. The second-order valence-corrected chi connectivity index (χ2v) is 8.15. The number of allylic oxidation sites excluding steroid dienone is 8. The van der Waals surface area contributed by atoms with Crippen molar-refractivity contribution in [2.75, 3.05) is 20.6 Å². The van der Waals surface area contributed by atoms with Gasteiger partial charge in [0.1, 0.15) is 5.83 Å². The first-order chi connectivity index (χ1) is 16.1. The van der Waals surface area contributed by atoms with Crippen molar-refractivity contribution in [2.24, 2.45) is 15.7 Å². The number of hydrogen-bond acceptors (Lipinski definition) is 3. The molecule has 6 nitrogen and oxygen atoms in total. The van der Waals surface area contributed by atoms with Crippen LogP contribution in [-0.2, 0) is 0 Å². The smallest absolute Gasteiger partial charge is 0.326 e. The Morgan fingerprint density at radius 3 is 2.32 bits per heavy atom. The number of nitrogens with zero attached hydrogens (tertiary/aromatic N) is 4. The van der Waals surface area contributed by atoms with E-state index in [1.54, 1.807) is 27.1 Å². The van der Waals surface area contributed by atoms with E-state index in [9.17, 15) is 13.6 Å². The molecule has 188 valence electrons. The molecule has 0 fully saturated rings. The van der Waals surface area contributed by atoms with E-state index in [1.807, 2.05) is 31.2 Å². The van der Waals surface area contributed by atoms with Crippen LogP contribution in [0.3, 0.4) is 0 Å². The molecule has 1 rings (SSSR count). The number of rotatable bonds is 9. The van der Waals surface area contributed by atoms with Crippen molar-refractivity contribution in [3.05, 3.63) is 58.9 Å². The summed E-state index contributed by atoms with van der Waals surface area (Å²) in [6, 6.07) is -0.0960. The summed E-state index contributed by atoms with van der Waals surface area (Å²) in [5.41, 5.74) is 8.91. The Hall–Kier alpha value is -3.03. The summed E-state index contributed by atoms with van der Waals surface area (Å²) in [4.78, 5) is 24.7. The quantitative estimate of drug-likeness (QED) is 0.244. The first-order valence-corrected chi connectivity index (χ1v) is 11.8. The van der Waals surface area contributed by atoms with E-state index in [2.05, 4.69) is 18.8 Å². The molecule has 0 aromatic rings. The molecule has 1 aliphatic rings. The summed E-state index contributed by atoms with van der Waals surface area (Å²) < 4.78 is 27.2. The molecule has 0 atom stereocenters. The average Bonchev–Trinajstić information content (AvgIpc) is 2.82. The zero-order valence-electron chi connectivity index (χ0n) is 21.5. The van der Waals surface area contributed by atoms with E-state index < -0.39 is 11.7 Å².